The second kappa shape index (κ2) is 7.47. The predicted octanol–water partition coefficient (Wildman–Crippen LogP) is 1.08. The zero-order valence-electron chi connectivity index (χ0n) is 12.9. The smallest absolute Gasteiger partial charge is 0.317 e. The lowest BCUT2D eigenvalue weighted by atomic mass is 9.99. The fourth-order valence-electron chi connectivity index (χ4n) is 2.67. The van der Waals surface area contributed by atoms with E-state index in [9.17, 15) is 9.59 Å². The summed E-state index contributed by atoms with van der Waals surface area (Å²) in [4.78, 5) is 27.1. The van der Waals surface area contributed by atoms with Gasteiger partial charge in [-0.1, -0.05) is 20.8 Å². The van der Waals surface area contributed by atoms with Gasteiger partial charge in [-0.25, -0.2) is 4.79 Å². The molecule has 2 N–H and O–H groups in total. The van der Waals surface area contributed by atoms with Crippen LogP contribution in [0.4, 0.5) is 4.79 Å². The zero-order valence-corrected chi connectivity index (χ0v) is 12.9. The van der Waals surface area contributed by atoms with Crippen LogP contribution in [0.5, 0.6) is 0 Å². The number of urea groups is 1. The average Bonchev–Trinajstić information content (AvgIpc) is 2.78. The molecule has 0 aromatic carbocycles. The molecule has 20 heavy (non-hydrogen) atoms. The summed E-state index contributed by atoms with van der Waals surface area (Å²) in [7, 11) is 0. The minimum atomic E-state index is -0.816. The van der Waals surface area contributed by atoms with E-state index in [1.54, 1.807) is 4.90 Å². The second-order valence-corrected chi connectivity index (χ2v) is 5.66. The van der Waals surface area contributed by atoms with E-state index in [-0.39, 0.29) is 18.0 Å². The predicted molar refractivity (Wildman–Crippen MR) is 77.6 cm³/mol. The van der Waals surface area contributed by atoms with Gasteiger partial charge in [0, 0.05) is 25.7 Å². The van der Waals surface area contributed by atoms with E-state index < -0.39 is 11.9 Å². The SMILES string of the molecule is CCN(CC)CC(C)NC(=O)N1C[C@@H](C)[C@H](C(=O)O)C1. The molecule has 0 aromatic rings. The van der Waals surface area contributed by atoms with Crippen LogP contribution < -0.4 is 5.32 Å². The molecule has 0 radical (unpaired) electrons. The number of aliphatic carboxylic acids is 1. The number of nitrogens with zero attached hydrogens (tertiary/aromatic N) is 2. The number of amides is 2. The van der Waals surface area contributed by atoms with Crippen LogP contribution in [0.3, 0.4) is 0 Å². The normalized spacial score (nSPS) is 23.9. The zero-order chi connectivity index (χ0) is 15.3. The molecule has 1 heterocycles. The van der Waals surface area contributed by atoms with E-state index >= 15 is 0 Å². The van der Waals surface area contributed by atoms with Gasteiger partial charge in [0.1, 0.15) is 0 Å². The molecule has 0 saturated carbocycles. The minimum Gasteiger partial charge on any atom is -0.481 e. The number of carboxylic acids is 1. The maximum atomic E-state index is 12.1. The fourth-order valence-corrected chi connectivity index (χ4v) is 2.67. The van der Waals surface area contributed by atoms with E-state index in [1.165, 1.54) is 0 Å². The highest BCUT2D eigenvalue weighted by molar-refractivity contribution is 5.77. The van der Waals surface area contributed by atoms with Crippen LogP contribution in [0.15, 0.2) is 0 Å². The van der Waals surface area contributed by atoms with Crippen molar-refractivity contribution in [2.75, 3.05) is 32.7 Å². The molecule has 3 atom stereocenters. The van der Waals surface area contributed by atoms with Gasteiger partial charge in [-0.2, -0.15) is 0 Å². The van der Waals surface area contributed by atoms with Gasteiger partial charge in [0.25, 0.3) is 0 Å². The Bertz CT molecular complexity index is 345. The van der Waals surface area contributed by atoms with Crippen molar-refractivity contribution >= 4 is 12.0 Å². The van der Waals surface area contributed by atoms with Crippen molar-refractivity contribution in [1.29, 1.82) is 0 Å². The largest absolute Gasteiger partial charge is 0.481 e. The first-order valence-electron chi connectivity index (χ1n) is 7.39. The number of carboxylic acid groups (broad SMARTS) is 1. The summed E-state index contributed by atoms with van der Waals surface area (Å²) in [6, 6.07) is -0.0955. The first-order chi connectivity index (χ1) is 9.38. The highest BCUT2D eigenvalue weighted by Gasteiger charge is 2.37. The summed E-state index contributed by atoms with van der Waals surface area (Å²) in [6.07, 6.45) is 0. The van der Waals surface area contributed by atoms with Gasteiger partial charge in [0.05, 0.1) is 5.92 Å². The van der Waals surface area contributed by atoms with E-state index in [0.29, 0.717) is 13.1 Å². The topological polar surface area (TPSA) is 72.9 Å². The number of carbonyl (C=O) groups excluding carboxylic acids is 1. The molecule has 0 bridgehead atoms. The highest BCUT2D eigenvalue weighted by Crippen LogP contribution is 2.23. The Morgan fingerprint density at radius 1 is 1.35 bits per heavy atom. The molecule has 1 rings (SSSR count). The minimum absolute atomic E-state index is 0.0105. The molecule has 116 valence electrons. The molecule has 0 aromatic heterocycles. The maximum Gasteiger partial charge on any atom is 0.317 e. The summed E-state index contributed by atoms with van der Waals surface area (Å²) in [5.41, 5.74) is 0. The van der Waals surface area contributed by atoms with Gasteiger partial charge in [-0.15, -0.1) is 0 Å². The summed E-state index contributed by atoms with van der Waals surface area (Å²) in [6.45, 7) is 11.6. The quantitative estimate of drug-likeness (QED) is 0.766. The molecular formula is C14H27N3O3. The van der Waals surface area contributed by atoms with Crippen molar-refractivity contribution in [1.82, 2.24) is 15.1 Å². The van der Waals surface area contributed by atoms with Crippen LogP contribution >= 0.6 is 0 Å². The molecule has 6 heteroatoms. The third-order valence-electron chi connectivity index (χ3n) is 4.01. The van der Waals surface area contributed by atoms with Gasteiger partial charge in [-0.3, -0.25) is 4.79 Å². The number of hydrogen-bond acceptors (Lipinski definition) is 3. The Labute approximate surface area is 121 Å². The van der Waals surface area contributed by atoms with Gasteiger partial charge in [0.15, 0.2) is 0 Å². The summed E-state index contributed by atoms with van der Waals surface area (Å²) in [5.74, 6) is -1.25. The Kier molecular flexibility index (Phi) is 6.26. The molecule has 1 saturated heterocycles. The van der Waals surface area contributed by atoms with Crippen molar-refractivity contribution in [3.05, 3.63) is 0 Å². The van der Waals surface area contributed by atoms with Crippen molar-refractivity contribution in [3.8, 4) is 0 Å². The van der Waals surface area contributed by atoms with Gasteiger partial charge in [0.2, 0.25) is 0 Å². The Balaban J connectivity index is 2.45. The molecule has 1 fully saturated rings. The number of carbonyl (C=O) groups is 2. The van der Waals surface area contributed by atoms with Crippen LogP contribution in [0, 0.1) is 11.8 Å². The van der Waals surface area contributed by atoms with Gasteiger partial charge in [-0.05, 0) is 25.9 Å². The Hall–Kier alpha value is -1.30. The lowest BCUT2D eigenvalue weighted by molar-refractivity contribution is -0.142. The van der Waals surface area contributed by atoms with Gasteiger partial charge >= 0.3 is 12.0 Å². The number of nitrogens with one attached hydrogen (secondary N) is 1. The second-order valence-electron chi connectivity index (χ2n) is 5.66. The van der Waals surface area contributed by atoms with E-state index in [0.717, 1.165) is 19.6 Å². The molecular weight excluding hydrogens is 258 g/mol. The Morgan fingerprint density at radius 3 is 2.40 bits per heavy atom. The standard InChI is InChI=1S/C14H27N3O3/c1-5-16(6-2)8-11(4)15-14(20)17-7-10(3)12(9-17)13(18)19/h10-12H,5-9H2,1-4H3,(H,15,20)(H,18,19)/t10-,11?,12-/m1/s1. The third kappa shape index (κ3) is 4.37. The monoisotopic (exact) mass is 285 g/mol. The molecule has 1 aliphatic rings. The van der Waals surface area contributed by atoms with Gasteiger partial charge < -0.3 is 20.2 Å². The van der Waals surface area contributed by atoms with Crippen LogP contribution in [0.2, 0.25) is 0 Å². The number of likely N-dealkylation sites (N-methyl/N-ethyl adjacent to an activating group) is 1. The van der Waals surface area contributed by atoms with E-state index in [4.69, 9.17) is 5.11 Å². The lowest BCUT2D eigenvalue weighted by Gasteiger charge is -2.25. The Morgan fingerprint density at radius 2 is 1.95 bits per heavy atom. The summed E-state index contributed by atoms with van der Waals surface area (Å²) >= 11 is 0. The number of likely N-dealkylation sites (tertiary alicyclic amines) is 1. The molecule has 6 nitrogen and oxygen atoms in total. The fraction of sp³-hybridized carbons (Fsp3) is 0.857. The average molecular weight is 285 g/mol. The van der Waals surface area contributed by atoms with Crippen LogP contribution in [0.1, 0.15) is 27.7 Å². The summed E-state index contributed by atoms with van der Waals surface area (Å²) in [5, 5.41) is 12.0. The van der Waals surface area contributed by atoms with E-state index in [1.807, 2.05) is 13.8 Å². The number of hydrogen-bond donors (Lipinski definition) is 2. The molecule has 0 aliphatic carbocycles. The van der Waals surface area contributed by atoms with Crippen LogP contribution in [-0.2, 0) is 4.79 Å². The van der Waals surface area contributed by atoms with Crippen LogP contribution in [-0.4, -0.2) is 65.7 Å². The molecule has 1 unspecified atom stereocenters. The van der Waals surface area contributed by atoms with Crippen LogP contribution in [0.25, 0.3) is 0 Å². The van der Waals surface area contributed by atoms with Crippen molar-refractivity contribution in [2.24, 2.45) is 11.8 Å². The van der Waals surface area contributed by atoms with Crippen molar-refractivity contribution in [3.63, 3.8) is 0 Å². The summed E-state index contributed by atoms with van der Waals surface area (Å²) < 4.78 is 0. The first kappa shape index (κ1) is 16.8. The van der Waals surface area contributed by atoms with E-state index in [2.05, 4.69) is 24.1 Å². The molecule has 2 amide bonds. The highest BCUT2D eigenvalue weighted by atomic mass is 16.4. The molecule has 0 spiro atoms. The van der Waals surface area contributed by atoms with Crippen molar-refractivity contribution < 1.29 is 14.7 Å². The molecule has 1 aliphatic heterocycles. The third-order valence-corrected chi connectivity index (χ3v) is 4.01. The first-order valence-corrected chi connectivity index (χ1v) is 7.39. The van der Waals surface area contributed by atoms with Crippen molar-refractivity contribution in [2.45, 2.75) is 33.7 Å². The maximum absolute atomic E-state index is 12.1. The number of rotatable bonds is 6. The lowest BCUT2D eigenvalue weighted by Crippen LogP contribution is -2.47.